The Balaban J connectivity index is 3.86. The summed E-state index contributed by atoms with van der Waals surface area (Å²) in [6, 6.07) is 0. The molecule has 0 aromatic carbocycles. The van der Waals surface area contributed by atoms with Crippen molar-refractivity contribution in [1.82, 2.24) is 10.9 Å². The van der Waals surface area contributed by atoms with Crippen LogP contribution in [-0.4, -0.2) is 7.05 Å². The van der Waals surface area contributed by atoms with Crippen LogP contribution in [0, 0.1) is 0 Å². The second kappa shape index (κ2) is 3.88. The van der Waals surface area contributed by atoms with Gasteiger partial charge in [0.1, 0.15) is 0 Å². The van der Waals surface area contributed by atoms with Gasteiger partial charge in [-0.05, 0) is 0 Å². The molecule has 2 N–H and O–H groups in total. The molecule has 0 aliphatic carbocycles. The molecular weight excluding hydrogens is 126 g/mol. The zero-order valence-electron chi connectivity index (χ0n) is 5.04. The molecule has 2 nitrogen and oxygen atoms in total. The Hall–Kier alpha value is -1.06. The van der Waals surface area contributed by atoms with Crippen molar-refractivity contribution in [2.24, 2.45) is 0 Å². The van der Waals surface area contributed by atoms with Crippen LogP contribution >= 0.6 is 0 Å². The number of likely N-dealkylation sites (N-methyl/N-ethyl adjacent to an activating group) is 1. The molecule has 0 saturated carbocycles. The van der Waals surface area contributed by atoms with Crippen molar-refractivity contribution in [3.8, 4) is 0 Å². The maximum absolute atomic E-state index is 12.2. The van der Waals surface area contributed by atoms with E-state index in [1.807, 2.05) is 0 Å². The summed E-state index contributed by atoms with van der Waals surface area (Å²) >= 11 is 0. The molecule has 0 fully saturated rings. The van der Waals surface area contributed by atoms with Crippen LogP contribution in [0.25, 0.3) is 0 Å². The first-order valence-electron chi connectivity index (χ1n) is 2.31. The maximum Gasteiger partial charge on any atom is 0.163 e. The van der Waals surface area contributed by atoms with Crippen molar-refractivity contribution in [2.45, 2.75) is 0 Å². The van der Waals surface area contributed by atoms with Gasteiger partial charge < -0.3 is 5.32 Å². The molecule has 0 radical (unpaired) electrons. The Morgan fingerprint density at radius 2 is 2.22 bits per heavy atom. The van der Waals surface area contributed by atoms with Crippen LogP contribution in [0.5, 0.6) is 0 Å². The molecule has 9 heavy (non-hydrogen) atoms. The molecule has 52 valence electrons. The van der Waals surface area contributed by atoms with Gasteiger partial charge in [0.25, 0.3) is 0 Å². The zero-order valence-corrected chi connectivity index (χ0v) is 5.04. The topological polar surface area (TPSA) is 24.1 Å². The van der Waals surface area contributed by atoms with Crippen LogP contribution in [0.15, 0.2) is 24.3 Å². The van der Waals surface area contributed by atoms with Crippen LogP contribution in [-0.2, 0) is 0 Å². The molecule has 0 aromatic heterocycles. The van der Waals surface area contributed by atoms with Crippen LogP contribution in [0.1, 0.15) is 0 Å². The highest BCUT2D eigenvalue weighted by Gasteiger charge is 1.95. The third kappa shape index (κ3) is 2.69. The first kappa shape index (κ1) is 7.94. The summed E-state index contributed by atoms with van der Waals surface area (Å²) in [5.74, 6) is -0.750. The smallest absolute Gasteiger partial charge is 0.163 e. The Labute approximate surface area is 52.2 Å². The third-order valence-electron chi connectivity index (χ3n) is 0.771. The van der Waals surface area contributed by atoms with Crippen LogP contribution in [0.4, 0.5) is 8.87 Å². The number of nitrogens with one attached hydrogen (secondary N) is 2. The Morgan fingerprint density at radius 3 is 2.56 bits per heavy atom. The minimum Gasteiger partial charge on any atom is -0.386 e. The van der Waals surface area contributed by atoms with Gasteiger partial charge in [-0.15, -0.1) is 4.48 Å². The van der Waals surface area contributed by atoms with E-state index in [1.165, 1.54) is 7.05 Å². The van der Waals surface area contributed by atoms with Crippen LogP contribution in [0.2, 0.25) is 0 Å². The van der Waals surface area contributed by atoms with Gasteiger partial charge in [0.15, 0.2) is 5.83 Å². The molecule has 0 heterocycles. The zero-order chi connectivity index (χ0) is 7.28. The minimum atomic E-state index is -0.750. The molecular formula is C5H8F2N2. The number of allylic oxidation sites excluding steroid dienone is 1. The largest absolute Gasteiger partial charge is 0.386 e. The fourth-order valence-electron chi connectivity index (χ4n) is 0.254. The lowest BCUT2D eigenvalue weighted by atomic mass is 10.4. The molecule has 0 saturated heterocycles. The van der Waals surface area contributed by atoms with Crippen LogP contribution < -0.4 is 10.9 Å². The van der Waals surface area contributed by atoms with E-state index in [2.05, 4.69) is 11.9 Å². The summed E-state index contributed by atoms with van der Waals surface area (Å²) in [4.78, 5) is 0. The highest BCUT2D eigenvalue weighted by atomic mass is 19.2. The molecule has 0 unspecified atom stereocenters. The first-order chi connectivity index (χ1) is 4.22. The second-order valence-corrected chi connectivity index (χ2v) is 1.33. The molecule has 0 spiro atoms. The monoisotopic (exact) mass is 134 g/mol. The molecule has 0 amide bonds. The molecule has 0 atom stereocenters. The van der Waals surface area contributed by atoms with Crippen molar-refractivity contribution in [1.29, 1.82) is 0 Å². The predicted molar refractivity (Wildman–Crippen MR) is 31.6 cm³/mol. The summed E-state index contributed by atoms with van der Waals surface area (Å²) in [5.41, 5.74) is 1.09. The highest BCUT2D eigenvalue weighted by molar-refractivity contribution is 5.18. The van der Waals surface area contributed by atoms with Gasteiger partial charge >= 0.3 is 0 Å². The summed E-state index contributed by atoms with van der Waals surface area (Å²) in [5, 5.41) is 2.41. The minimum absolute atomic E-state index is 0.0418. The second-order valence-electron chi connectivity index (χ2n) is 1.33. The average molecular weight is 134 g/mol. The molecule has 0 aliphatic heterocycles. The van der Waals surface area contributed by atoms with Gasteiger partial charge in [0.05, 0.1) is 11.9 Å². The van der Waals surface area contributed by atoms with Gasteiger partial charge in [0.2, 0.25) is 0 Å². The quantitative estimate of drug-likeness (QED) is 0.444. The van der Waals surface area contributed by atoms with E-state index in [0.717, 1.165) is 5.54 Å². The molecule has 0 bridgehead atoms. The number of halogens is 2. The van der Waals surface area contributed by atoms with Crippen molar-refractivity contribution in [3.05, 3.63) is 24.3 Å². The van der Waals surface area contributed by atoms with Gasteiger partial charge in [-0.2, -0.15) is 0 Å². The summed E-state index contributed by atoms with van der Waals surface area (Å²) in [7, 11) is 1.49. The van der Waals surface area contributed by atoms with Crippen molar-refractivity contribution in [2.75, 3.05) is 7.05 Å². The van der Waals surface area contributed by atoms with E-state index in [4.69, 9.17) is 0 Å². The maximum atomic E-state index is 12.2. The molecule has 0 rings (SSSR count). The Bertz CT molecular complexity index is 131. The van der Waals surface area contributed by atoms with Gasteiger partial charge in [0, 0.05) is 7.05 Å². The molecule has 4 heteroatoms. The SMILES string of the molecule is C=C(NC)/C(F)=C\NF. The number of hydrogen-bond acceptors (Lipinski definition) is 2. The summed E-state index contributed by atoms with van der Waals surface area (Å²) in [6.07, 6.45) is 0.568. The van der Waals surface area contributed by atoms with E-state index >= 15 is 0 Å². The average Bonchev–Trinajstić information content (AvgIpc) is 1.87. The lowest BCUT2D eigenvalue weighted by Gasteiger charge is -1.98. The van der Waals surface area contributed by atoms with E-state index < -0.39 is 5.83 Å². The molecule has 0 aromatic rings. The van der Waals surface area contributed by atoms with Crippen molar-refractivity contribution in [3.63, 3.8) is 0 Å². The summed E-state index contributed by atoms with van der Waals surface area (Å²) < 4.78 is 23.3. The molecule has 0 aliphatic rings. The fraction of sp³-hybridized carbons (Fsp3) is 0.200. The Kier molecular flexibility index (Phi) is 3.43. The highest BCUT2D eigenvalue weighted by Crippen LogP contribution is 2.02. The van der Waals surface area contributed by atoms with E-state index in [-0.39, 0.29) is 5.70 Å². The van der Waals surface area contributed by atoms with E-state index in [9.17, 15) is 8.87 Å². The normalized spacial score (nSPS) is 10.8. The van der Waals surface area contributed by atoms with Crippen molar-refractivity contribution < 1.29 is 8.87 Å². The predicted octanol–water partition coefficient (Wildman–Crippen LogP) is 1.00. The summed E-state index contributed by atoms with van der Waals surface area (Å²) in [6.45, 7) is 3.23. The van der Waals surface area contributed by atoms with Gasteiger partial charge in [-0.3, -0.25) is 0 Å². The fourth-order valence-corrected chi connectivity index (χ4v) is 0.254. The van der Waals surface area contributed by atoms with E-state index in [0.29, 0.717) is 6.20 Å². The lowest BCUT2D eigenvalue weighted by molar-refractivity contribution is 0.398. The third-order valence-corrected chi connectivity index (χ3v) is 0.771. The number of rotatable bonds is 3. The van der Waals surface area contributed by atoms with Crippen molar-refractivity contribution >= 4 is 0 Å². The van der Waals surface area contributed by atoms with Gasteiger partial charge in [-0.25, -0.2) is 9.93 Å². The van der Waals surface area contributed by atoms with Gasteiger partial charge in [-0.1, -0.05) is 6.58 Å². The standard InChI is InChI=1S/C5H8F2N2/c1-4(8-2)5(6)3-9-7/h3,8-9H,1H2,2H3/b5-3+. The number of hydrogen-bond donors (Lipinski definition) is 2. The van der Waals surface area contributed by atoms with E-state index in [1.54, 1.807) is 0 Å². The Morgan fingerprint density at radius 1 is 1.67 bits per heavy atom. The van der Waals surface area contributed by atoms with Crippen LogP contribution in [0.3, 0.4) is 0 Å². The first-order valence-corrected chi connectivity index (χ1v) is 2.31. The lowest BCUT2D eigenvalue weighted by Crippen LogP contribution is -2.05.